The Balaban J connectivity index is 1.67. The van der Waals surface area contributed by atoms with E-state index in [2.05, 4.69) is 29.4 Å². The molecule has 0 saturated heterocycles. The van der Waals surface area contributed by atoms with Crippen molar-refractivity contribution in [2.45, 2.75) is 64.0 Å². The van der Waals surface area contributed by atoms with Gasteiger partial charge in [-0.2, -0.15) is 0 Å². The third kappa shape index (κ3) is 2.59. The molecule has 2 aliphatic carbocycles. The summed E-state index contributed by atoms with van der Waals surface area (Å²) in [5, 5.41) is 3.87. The first-order valence-corrected chi connectivity index (χ1v) is 7.53. The zero-order chi connectivity index (χ0) is 12.4. The molecule has 2 nitrogen and oxygen atoms in total. The van der Waals surface area contributed by atoms with Gasteiger partial charge in [-0.3, -0.25) is 4.98 Å². The van der Waals surface area contributed by atoms with E-state index in [-0.39, 0.29) is 0 Å². The van der Waals surface area contributed by atoms with Gasteiger partial charge in [0.25, 0.3) is 0 Å². The Kier molecular flexibility index (Phi) is 3.64. The highest BCUT2D eigenvalue weighted by molar-refractivity contribution is 5.25. The molecule has 0 aromatic carbocycles. The average Bonchev–Trinajstić information content (AvgIpc) is 2.42. The maximum absolute atomic E-state index is 4.62. The van der Waals surface area contributed by atoms with Crippen molar-refractivity contribution in [1.82, 2.24) is 10.3 Å². The topological polar surface area (TPSA) is 24.9 Å². The van der Waals surface area contributed by atoms with Crippen LogP contribution in [0.2, 0.25) is 0 Å². The first-order valence-electron chi connectivity index (χ1n) is 7.53. The first kappa shape index (κ1) is 12.2. The summed E-state index contributed by atoms with van der Waals surface area (Å²) in [7, 11) is 0. The number of pyridine rings is 1. The summed E-state index contributed by atoms with van der Waals surface area (Å²) in [6, 6.07) is 5.55. The third-order valence-corrected chi connectivity index (χ3v) is 4.65. The van der Waals surface area contributed by atoms with Crippen LogP contribution in [0, 0.1) is 5.92 Å². The van der Waals surface area contributed by atoms with Crippen LogP contribution in [0.5, 0.6) is 0 Å². The molecule has 1 aromatic rings. The lowest BCUT2D eigenvalue weighted by atomic mass is 9.85. The minimum absolute atomic E-state index is 0.508. The van der Waals surface area contributed by atoms with E-state index in [9.17, 15) is 0 Å². The molecule has 98 valence electrons. The fourth-order valence-electron chi connectivity index (χ4n) is 3.48. The van der Waals surface area contributed by atoms with Crippen molar-refractivity contribution < 1.29 is 0 Å². The molecule has 0 bridgehead atoms. The maximum Gasteiger partial charge on any atom is 0.0605 e. The van der Waals surface area contributed by atoms with Crippen LogP contribution >= 0.6 is 0 Å². The minimum atomic E-state index is 0.508. The van der Waals surface area contributed by atoms with E-state index in [0.29, 0.717) is 6.04 Å². The fraction of sp³-hybridized carbons (Fsp3) is 0.688. The Bertz CT molecular complexity index is 394. The molecule has 1 saturated carbocycles. The zero-order valence-electron chi connectivity index (χ0n) is 11.4. The van der Waals surface area contributed by atoms with Crippen molar-refractivity contribution >= 4 is 0 Å². The van der Waals surface area contributed by atoms with Gasteiger partial charge >= 0.3 is 0 Å². The molecule has 1 N–H and O–H groups in total. The Morgan fingerprint density at radius 1 is 1.17 bits per heavy atom. The number of aromatic nitrogens is 1. The Hall–Kier alpha value is -0.890. The number of nitrogens with one attached hydrogen (secondary N) is 1. The summed E-state index contributed by atoms with van der Waals surface area (Å²) in [5.41, 5.74) is 2.78. The molecule has 1 aromatic heterocycles. The molecule has 2 aliphatic rings. The molecule has 1 heterocycles. The van der Waals surface area contributed by atoms with Crippen LogP contribution in [0.15, 0.2) is 18.3 Å². The molecule has 1 atom stereocenters. The molecule has 3 rings (SSSR count). The summed E-state index contributed by atoms with van der Waals surface area (Å²) in [5.74, 6) is 0.930. The van der Waals surface area contributed by atoms with Crippen LogP contribution in [-0.4, -0.2) is 11.0 Å². The van der Waals surface area contributed by atoms with Crippen molar-refractivity contribution in [3.8, 4) is 0 Å². The molecule has 0 amide bonds. The van der Waals surface area contributed by atoms with Gasteiger partial charge in [-0.15, -0.1) is 0 Å². The smallest absolute Gasteiger partial charge is 0.0605 e. The second-order valence-corrected chi connectivity index (χ2v) is 6.12. The highest BCUT2D eigenvalue weighted by Gasteiger charge is 2.25. The van der Waals surface area contributed by atoms with Gasteiger partial charge in [-0.1, -0.05) is 13.0 Å². The number of nitrogens with zero attached hydrogens (tertiary/aromatic N) is 1. The highest BCUT2D eigenvalue weighted by Crippen LogP contribution is 2.31. The van der Waals surface area contributed by atoms with Crippen molar-refractivity contribution in [2.75, 3.05) is 0 Å². The summed E-state index contributed by atoms with van der Waals surface area (Å²) < 4.78 is 0. The highest BCUT2D eigenvalue weighted by atomic mass is 15.0. The maximum atomic E-state index is 4.62. The fourth-order valence-corrected chi connectivity index (χ4v) is 3.48. The molecule has 0 radical (unpaired) electrons. The van der Waals surface area contributed by atoms with Crippen molar-refractivity contribution in [3.05, 3.63) is 29.6 Å². The number of rotatable bonds is 2. The molecule has 18 heavy (non-hydrogen) atoms. The number of hydrogen-bond donors (Lipinski definition) is 1. The molecule has 0 spiro atoms. The normalized spacial score (nSPS) is 31.9. The lowest BCUT2D eigenvalue weighted by molar-refractivity contribution is 0.275. The summed E-state index contributed by atoms with van der Waals surface area (Å²) >= 11 is 0. The number of aryl methyl sites for hydroxylation is 1. The molecule has 1 unspecified atom stereocenters. The Morgan fingerprint density at radius 2 is 2.00 bits per heavy atom. The van der Waals surface area contributed by atoms with Gasteiger partial charge in [-0.05, 0) is 62.5 Å². The molecule has 2 heteroatoms. The largest absolute Gasteiger partial charge is 0.306 e. The molecule has 0 aliphatic heterocycles. The van der Waals surface area contributed by atoms with E-state index in [0.717, 1.165) is 12.0 Å². The van der Waals surface area contributed by atoms with E-state index in [1.54, 1.807) is 0 Å². The summed E-state index contributed by atoms with van der Waals surface area (Å²) in [6.45, 7) is 2.38. The quantitative estimate of drug-likeness (QED) is 0.859. The van der Waals surface area contributed by atoms with Crippen LogP contribution in [-0.2, 0) is 6.42 Å². The van der Waals surface area contributed by atoms with Gasteiger partial charge in [0.05, 0.1) is 5.69 Å². The Morgan fingerprint density at radius 3 is 2.83 bits per heavy atom. The SMILES string of the molecule is CC1CCC(NC2CCCc3cccnc32)CC1. The zero-order valence-corrected chi connectivity index (χ0v) is 11.4. The molecular weight excluding hydrogens is 220 g/mol. The van der Waals surface area contributed by atoms with Crippen LogP contribution in [0.1, 0.15) is 62.7 Å². The van der Waals surface area contributed by atoms with Gasteiger partial charge in [0.1, 0.15) is 0 Å². The third-order valence-electron chi connectivity index (χ3n) is 4.65. The first-order chi connectivity index (χ1) is 8.83. The summed E-state index contributed by atoms with van der Waals surface area (Å²) in [6.07, 6.45) is 11.2. The van der Waals surface area contributed by atoms with Gasteiger partial charge in [0, 0.05) is 18.3 Å². The predicted molar refractivity (Wildman–Crippen MR) is 74.5 cm³/mol. The van der Waals surface area contributed by atoms with Crippen LogP contribution < -0.4 is 5.32 Å². The van der Waals surface area contributed by atoms with Gasteiger partial charge in [0.15, 0.2) is 0 Å². The summed E-state index contributed by atoms with van der Waals surface area (Å²) in [4.78, 5) is 4.62. The lowest BCUT2D eigenvalue weighted by Gasteiger charge is -2.33. The van der Waals surface area contributed by atoms with Crippen molar-refractivity contribution in [1.29, 1.82) is 0 Å². The van der Waals surface area contributed by atoms with Gasteiger partial charge < -0.3 is 5.32 Å². The van der Waals surface area contributed by atoms with Crippen LogP contribution in [0.3, 0.4) is 0 Å². The standard InChI is InChI=1S/C16H24N2/c1-12-7-9-14(10-8-12)18-15-6-2-4-13-5-3-11-17-16(13)15/h3,5,11-12,14-15,18H,2,4,6-10H2,1H3. The number of fused-ring (bicyclic) bond motifs is 1. The Labute approximate surface area is 110 Å². The molecular formula is C16H24N2. The molecule has 1 fully saturated rings. The van der Waals surface area contributed by atoms with Crippen LogP contribution in [0.25, 0.3) is 0 Å². The van der Waals surface area contributed by atoms with E-state index >= 15 is 0 Å². The van der Waals surface area contributed by atoms with Gasteiger partial charge in [-0.25, -0.2) is 0 Å². The van der Waals surface area contributed by atoms with E-state index in [4.69, 9.17) is 0 Å². The van der Waals surface area contributed by atoms with E-state index < -0.39 is 0 Å². The second-order valence-electron chi connectivity index (χ2n) is 6.12. The second kappa shape index (κ2) is 5.40. The van der Waals surface area contributed by atoms with Gasteiger partial charge in [0.2, 0.25) is 0 Å². The van der Waals surface area contributed by atoms with Crippen molar-refractivity contribution in [2.24, 2.45) is 5.92 Å². The number of hydrogen-bond acceptors (Lipinski definition) is 2. The minimum Gasteiger partial charge on any atom is -0.306 e. The lowest BCUT2D eigenvalue weighted by Crippen LogP contribution is -2.37. The van der Waals surface area contributed by atoms with Crippen molar-refractivity contribution in [3.63, 3.8) is 0 Å². The average molecular weight is 244 g/mol. The monoisotopic (exact) mass is 244 g/mol. The van der Waals surface area contributed by atoms with Crippen LogP contribution in [0.4, 0.5) is 0 Å². The predicted octanol–water partition coefficient (Wildman–Crippen LogP) is 3.63. The van der Waals surface area contributed by atoms with E-state index in [1.807, 2.05) is 6.20 Å². The van der Waals surface area contributed by atoms with E-state index in [1.165, 1.54) is 56.2 Å².